The van der Waals surface area contributed by atoms with Crippen LogP contribution in [-0.2, 0) is 4.79 Å². The molecular formula is C13H18N2O2S. The van der Waals surface area contributed by atoms with Gasteiger partial charge in [0, 0.05) is 11.6 Å². The van der Waals surface area contributed by atoms with Gasteiger partial charge in [-0.1, -0.05) is 0 Å². The number of carbonyl (C=O) groups excluding carboxylic acids is 1. The van der Waals surface area contributed by atoms with Gasteiger partial charge in [-0.3, -0.25) is 10.1 Å². The molecule has 0 aliphatic carbocycles. The van der Waals surface area contributed by atoms with Gasteiger partial charge in [0.2, 0.25) is 5.91 Å². The Balaban J connectivity index is 2.47. The zero-order valence-electron chi connectivity index (χ0n) is 11.0. The van der Waals surface area contributed by atoms with Crippen LogP contribution in [0.15, 0.2) is 22.6 Å². The molecular weight excluding hydrogens is 248 g/mol. The van der Waals surface area contributed by atoms with Crippen molar-refractivity contribution in [2.45, 2.75) is 33.2 Å². The highest BCUT2D eigenvalue weighted by Gasteiger charge is 2.11. The summed E-state index contributed by atoms with van der Waals surface area (Å²) in [5.74, 6) is 1.16. The van der Waals surface area contributed by atoms with Crippen LogP contribution in [0.2, 0.25) is 0 Å². The number of thiocarbonyl (C=S) groups is 1. The first kappa shape index (κ1) is 14.4. The predicted molar refractivity (Wildman–Crippen MR) is 76.1 cm³/mol. The van der Waals surface area contributed by atoms with Gasteiger partial charge in [0.05, 0.1) is 0 Å². The fourth-order valence-electron chi connectivity index (χ4n) is 1.23. The van der Waals surface area contributed by atoms with Crippen LogP contribution in [-0.4, -0.2) is 16.6 Å². The van der Waals surface area contributed by atoms with Crippen molar-refractivity contribution in [3.8, 4) is 0 Å². The van der Waals surface area contributed by atoms with E-state index in [4.69, 9.17) is 16.6 Å². The third-order valence-corrected chi connectivity index (χ3v) is 2.09. The molecule has 0 aromatic carbocycles. The van der Waals surface area contributed by atoms with E-state index in [0.29, 0.717) is 10.9 Å². The van der Waals surface area contributed by atoms with Gasteiger partial charge < -0.3 is 9.73 Å². The summed E-state index contributed by atoms with van der Waals surface area (Å²) in [6, 6.07) is 3.63. The summed E-state index contributed by atoms with van der Waals surface area (Å²) in [6.07, 6.45) is 2.98. The molecule has 98 valence electrons. The molecule has 0 bridgehead atoms. The molecule has 18 heavy (non-hydrogen) atoms. The summed E-state index contributed by atoms with van der Waals surface area (Å²) < 4.78 is 5.30. The average Bonchev–Trinajstić information content (AvgIpc) is 2.58. The lowest BCUT2D eigenvalue weighted by Gasteiger charge is -2.22. The summed E-state index contributed by atoms with van der Waals surface area (Å²) in [5, 5.41) is 5.87. The van der Waals surface area contributed by atoms with E-state index in [-0.39, 0.29) is 11.4 Å². The molecule has 0 aliphatic heterocycles. The number of hydrogen-bond acceptors (Lipinski definition) is 3. The van der Waals surface area contributed by atoms with E-state index in [9.17, 15) is 4.79 Å². The highest BCUT2D eigenvalue weighted by Crippen LogP contribution is 2.07. The largest absolute Gasteiger partial charge is 0.462 e. The molecule has 0 unspecified atom stereocenters. The van der Waals surface area contributed by atoms with E-state index in [1.807, 2.05) is 33.8 Å². The van der Waals surface area contributed by atoms with Gasteiger partial charge in [0.25, 0.3) is 0 Å². The molecule has 0 fully saturated rings. The van der Waals surface area contributed by atoms with Crippen molar-refractivity contribution in [1.29, 1.82) is 0 Å². The van der Waals surface area contributed by atoms with E-state index >= 15 is 0 Å². The zero-order valence-corrected chi connectivity index (χ0v) is 11.9. The Morgan fingerprint density at radius 3 is 2.56 bits per heavy atom. The van der Waals surface area contributed by atoms with Gasteiger partial charge in [-0.2, -0.15) is 0 Å². The first-order chi connectivity index (χ1) is 8.26. The second-order valence-electron chi connectivity index (χ2n) is 4.98. The second kappa shape index (κ2) is 5.82. The molecule has 2 N–H and O–H groups in total. The molecule has 1 aromatic rings. The summed E-state index contributed by atoms with van der Waals surface area (Å²) in [6.45, 7) is 7.74. The van der Waals surface area contributed by atoms with Crippen LogP contribution in [0.25, 0.3) is 6.08 Å². The van der Waals surface area contributed by atoms with Crippen LogP contribution in [0, 0.1) is 6.92 Å². The Hall–Kier alpha value is -1.62. The first-order valence-corrected chi connectivity index (χ1v) is 6.05. The van der Waals surface area contributed by atoms with Crippen molar-refractivity contribution in [2.24, 2.45) is 0 Å². The van der Waals surface area contributed by atoms with Gasteiger partial charge in [-0.25, -0.2) is 0 Å². The molecule has 0 spiro atoms. The highest BCUT2D eigenvalue weighted by atomic mass is 32.1. The lowest BCUT2D eigenvalue weighted by molar-refractivity contribution is -0.115. The van der Waals surface area contributed by atoms with E-state index in [2.05, 4.69) is 10.6 Å². The molecule has 0 aliphatic rings. The van der Waals surface area contributed by atoms with Crippen molar-refractivity contribution >= 4 is 29.3 Å². The summed E-state index contributed by atoms with van der Waals surface area (Å²) in [5.41, 5.74) is -0.174. The Bertz CT molecular complexity index is 470. The number of aryl methyl sites for hydroxylation is 1. The SMILES string of the molecule is Cc1ccc(C=CC(=O)NC(=S)NC(C)(C)C)o1. The van der Waals surface area contributed by atoms with Crippen molar-refractivity contribution in [3.05, 3.63) is 29.7 Å². The molecule has 4 nitrogen and oxygen atoms in total. The normalized spacial score (nSPS) is 11.6. The zero-order chi connectivity index (χ0) is 13.8. The van der Waals surface area contributed by atoms with E-state index < -0.39 is 0 Å². The molecule has 1 heterocycles. The van der Waals surface area contributed by atoms with Crippen molar-refractivity contribution in [1.82, 2.24) is 10.6 Å². The lowest BCUT2D eigenvalue weighted by atomic mass is 10.1. The lowest BCUT2D eigenvalue weighted by Crippen LogP contribution is -2.47. The number of hydrogen-bond donors (Lipinski definition) is 2. The first-order valence-electron chi connectivity index (χ1n) is 5.64. The van der Waals surface area contributed by atoms with Gasteiger partial charge in [0.15, 0.2) is 5.11 Å². The summed E-state index contributed by atoms with van der Waals surface area (Å²) in [4.78, 5) is 11.6. The third-order valence-electron chi connectivity index (χ3n) is 1.89. The molecule has 1 rings (SSSR count). The Morgan fingerprint density at radius 1 is 1.39 bits per heavy atom. The second-order valence-corrected chi connectivity index (χ2v) is 5.38. The minimum atomic E-state index is -0.286. The fourth-order valence-corrected chi connectivity index (χ4v) is 1.63. The summed E-state index contributed by atoms with van der Waals surface area (Å²) >= 11 is 5.01. The fraction of sp³-hybridized carbons (Fsp3) is 0.385. The predicted octanol–water partition coefficient (Wildman–Crippen LogP) is 2.39. The monoisotopic (exact) mass is 266 g/mol. The van der Waals surface area contributed by atoms with E-state index in [1.165, 1.54) is 6.08 Å². The third kappa shape index (κ3) is 5.63. The number of furan rings is 1. The molecule has 5 heteroatoms. The van der Waals surface area contributed by atoms with Gasteiger partial charge in [-0.05, 0) is 58.1 Å². The van der Waals surface area contributed by atoms with Gasteiger partial charge in [-0.15, -0.1) is 0 Å². The maximum atomic E-state index is 11.6. The Kier molecular flexibility index (Phi) is 4.67. The molecule has 0 saturated heterocycles. The topological polar surface area (TPSA) is 54.3 Å². The van der Waals surface area contributed by atoms with Crippen LogP contribution in [0.1, 0.15) is 32.3 Å². The van der Waals surface area contributed by atoms with Crippen LogP contribution >= 0.6 is 12.2 Å². The van der Waals surface area contributed by atoms with E-state index in [1.54, 1.807) is 12.1 Å². The van der Waals surface area contributed by atoms with Gasteiger partial charge >= 0.3 is 0 Å². The quantitative estimate of drug-likeness (QED) is 0.637. The molecule has 0 atom stereocenters. The number of rotatable bonds is 2. The van der Waals surface area contributed by atoms with Crippen LogP contribution < -0.4 is 10.6 Å². The highest BCUT2D eigenvalue weighted by molar-refractivity contribution is 7.80. The molecule has 0 saturated carbocycles. The average molecular weight is 266 g/mol. The number of amides is 1. The van der Waals surface area contributed by atoms with Crippen LogP contribution in [0.5, 0.6) is 0 Å². The Labute approximate surface area is 112 Å². The summed E-state index contributed by atoms with van der Waals surface area (Å²) in [7, 11) is 0. The van der Waals surface area contributed by atoms with Crippen molar-refractivity contribution in [2.75, 3.05) is 0 Å². The standard InChI is InChI=1S/C13H18N2O2S/c1-9-5-6-10(17-9)7-8-11(16)14-12(18)15-13(2,3)4/h5-8H,1-4H3,(H2,14,15,16,18). The molecule has 1 amide bonds. The minimum Gasteiger partial charge on any atom is -0.462 e. The van der Waals surface area contributed by atoms with E-state index in [0.717, 1.165) is 5.76 Å². The number of nitrogens with one attached hydrogen (secondary N) is 2. The van der Waals surface area contributed by atoms with Crippen molar-refractivity contribution < 1.29 is 9.21 Å². The number of carbonyl (C=O) groups is 1. The maximum Gasteiger partial charge on any atom is 0.250 e. The Morgan fingerprint density at radius 2 is 2.06 bits per heavy atom. The van der Waals surface area contributed by atoms with Gasteiger partial charge in [0.1, 0.15) is 11.5 Å². The van der Waals surface area contributed by atoms with Crippen LogP contribution in [0.3, 0.4) is 0 Å². The van der Waals surface area contributed by atoms with Crippen LogP contribution in [0.4, 0.5) is 0 Å². The molecule has 1 aromatic heterocycles. The van der Waals surface area contributed by atoms with Crippen molar-refractivity contribution in [3.63, 3.8) is 0 Å². The minimum absolute atomic E-state index is 0.174. The molecule has 0 radical (unpaired) electrons. The maximum absolute atomic E-state index is 11.6. The smallest absolute Gasteiger partial charge is 0.250 e.